The highest BCUT2D eigenvalue weighted by Crippen LogP contribution is 2.56. The summed E-state index contributed by atoms with van der Waals surface area (Å²) in [6, 6.07) is 33.6. The summed E-state index contributed by atoms with van der Waals surface area (Å²) in [5.41, 5.74) is 7.25. The zero-order chi connectivity index (χ0) is 30.8. The number of hydrogen-bond acceptors (Lipinski definition) is 3. The third-order valence-electron chi connectivity index (χ3n) is 10.9. The molecule has 0 fully saturated rings. The maximum absolute atomic E-state index is 3.90. The van der Waals surface area contributed by atoms with Crippen molar-refractivity contribution in [2.24, 2.45) is 0 Å². The lowest BCUT2D eigenvalue weighted by Gasteiger charge is -2.17. The molecule has 0 saturated carbocycles. The number of para-hydroxylation sites is 3. The Labute approximate surface area is 282 Å². The Morgan fingerprint density at radius 3 is 0.938 bits per heavy atom. The number of benzene rings is 7. The first-order chi connectivity index (χ1) is 23.8. The molecule has 0 aliphatic carbocycles. The molecule has 0 saturated heterocycles. The van der Waals surface area contributed by atoms with Crippen LogP contribution in [0.3, 0.4) is 0 Å². The SMILES string of the molecule is c1ccc2c(c1)[nH]c1c3ccsc3c3c(c21)c1c2sccc2c2[nH]c4ccccc4c2c1c1c2sccc2c2[nH]c4ccccc4c2c31. The van der Waals surface area contributed by atoms with Crippen molar-refractivity contribution >= 4 is 162 Å². The van der Waals surface area contributed by atoms with E-state index >= 15 is 0 Å². The predicted octanol–water partition coefficient (Wildman–Crippen LogP) is 13.7. The Bertz CT molecular complexity index is 3170. The largest absolute Gasteiger partial charge is 0.354 e. The van der Waals surface area contributed by atoms with Gasteiger partial charge in [-0.3, -0.25) is 0 Å². The molecule has 6 heterocycles. The monoisotopic (exact) mass is 663 g/mol. The molecule has 6 heteroatoms. The summed E-state index contributed by atoms with van der Waals surface area (Å²) in [6.07, 6.45) is 0. The molecule has 6 aromatic heterocycles. The first-order valence-corrected chi connectivity index (χ1v) is 18.8. The van der Waals surface area contributed by atoms with Gasteiger partial charge in [0.2, 0.25) is 0 Å². The van der Waals surface area contributed by atoms with Gasteiger partial charge in [0.15, 0.2) is 0 Å². The van der Waals surface area contributed by atoms with Gasteiger partial charge in [-0.15, -0.1) is 34.0 Å². The van der Waals surface area contributed by atoms with Gasteiger partial charge in [0.25, 0.3) is 0 Å². The fourth-order valence-corrected chi connectivity index (χ4v) is 12.0. The van der Waals surface area contributed by atoms with Crippen LogP contribution in [-0.2, 0) is 0 Å². The number of nitrogens with one attached hydrogen (secondary N) is 3. The number of thiophene rings is 3. The highest BCUT2D eigenvalue weighted by atomic mass is 32.1. The molecular weight excluding hydrogens is 643 g/mol. The Morgan fingerprint density at radius 1 is 0.292 bits per heavy atom. The van der Waals surface area contributed by atoms with E-state index in [2.05, 4.69) is 122 Å². The van der Waals surface area contributed by atoms with E-state index < -0.39 is 0 Å². The molecule has 3 nitrogen and oxygen atoms in total. The van der Waals surface area contributed by atoms with E-state index in [4.69, 9.17) is 0 Å². The van der Waals surface area contributed by atoms with Crippen LogP contribution in [0.1, 0.15) is 0 Å². The van der Waals surface area contributed by atoms with Crippen LogP contribution in [0.4, 0.5) is 0 Å². The number of H-pyrrole nitrogens is 3. The van der Waals surface area contributed by atoms with Crippen LogP contribution in [0.15, 0.2) is 107 Å². The van der Waals surface area contributed by atoms with Gasteiger partial charge in [0.05, 0.1) is 16.6 Å². The molecule has 0 radical (unpaired) electrons. The predicted molar refractivity (Wildman–Crippen MR) is 213 cm³/mol. The molecule has 13 rings (SSSR count). The van der Waals surface area contributed by atoms with Crippen LogP contribution >= 0.6 is 34.0 Å². The van der Waals surface area contributed by atoms with E-state index in [-0.39, 0.29) is 0 Å². The molecule has 0 atom stereocenters. The summed E-state index contributed by atoms with van der Waals surface area (Å²) in [4.78, 5) is 11.7. The minimum absolute atomic E-state index is 1.18. The van der Waals surface area contributed by atoms with Crippen molar-refractivity contribution in [1.82, 2.24) is 15.0 Å². The van der Waals surface area contributed by atoms with Gasteiger partial charge < -0.3 is 15.0 Å². The molecule has 0 aliphatic rings. The number of fused-ring (bicyclic) bond motifs is 27. The quantitative estimate of drug-likeness (QED) is 0.135. The van der Waals surface area contributed by atoms with Gasteiger partial charge in [-0.25, -0.2) is 0 Å². The van der Waals surface area contributed by atoms with E-state index in [0.717, 1.165) is 0 Å². The first kappa shape index (κ1) is 24.7. The second-order valence-corrected chi connectivity index (χ2v) is 15.8. The second-order valence-electron chi connectivity index (χ2n) is 13.0. The van der Waals surface area contributed by atoms with Crippen LogP contribution in [0.25, 0.3) is 128 Å². The van der Waals surface area contributed by atoms with E-state index in [1.165, 1.54) is 128 Å². The van der Waals surface area contributed by atoms with Crippen molar-refractivity contribution in [1.29, 1.82) is 0 Å². The fourth-order valence-electron chi connectivity index (χ4n) is 9.09. The minimum atomic E-state index is 1.18. The Hall–Kier alpha value is -5.40. The van der Waals surface area contributed by atoms with E-state index in [9.17, 15) is 0 Å². The summed E-state index contributed by atoms with van der Waals surface area (Å²) in [6.45, 7) is 0. The minimum Gasteiger partial charge on any atom is -0.354 e. The van der Waals surface area contributed by atoms with E-state index in [1.54, 1.807) is 0 Å². The molecule has 222 valence electrons. The summed E-state index contributed by atoms with van der Waals surface area (Å²) in [5, 5.41) is 26.8. The normalized spacial score (nSPS) is 13.0. The lowest BCUT2D eigenvalue weighted by atomic mass is 9.86. The molecule has 0 amide bonds. The van der Waals surface area contributed by atoms with Gasteiger partial charge in [0, 0.05) is 111 Å². The van der Waals surface area contributed by atoms with Crippen LogP contribution in [0.5, 0.6) is 0 Å². The molecular formula is C42H21N3S3. The number of aromatic amines is 3. The zero-order valence-corrected chi connectivity index (χ0v) is 27.6. The molecule has 7 aromatic carbocycles. The zero-order valence-electron chi connectivity index (χ0n) is 25.1. The van der Waals surface area contributed by atoms with Crippen molar-refractivity contribution in [2.45, 2.75) is 0 Å². The summed E-state index contributed by atoms with van der Waals surface area (Å²) in [7, 11) is 0. The Balaban J connectivity index is 1.56. The molecule has 3 N–H and O–H groups in total. The number of aromatic nitrogens is 3. The average Bonchev–Trinajstić information content (AvgIpc) is 3.97. The highest BCUT2D eigenvalue weighted by Gasteiger charge is 2.28. The maximum atomic E-state index is 3.90. The standard InChI is InChI=1S/C42H21N3S3/c1-4-10-25-19(7-1)28-31-34(40-22(13-16-46-40)37(28)43-25)32-29-20-8-2-6-12-27(20)45-39(29)24-15-18-48-42(24)36(32)33-30-21-9-3-5-11-26(21)44-38(30)23-14-17-47-41(23)35(31)33/h1-18,43-45H. The van der Waals surface area contributed by atoms with Crippen LogP contribution in [-0.4, -0.2) is 15.0 Å². The number of rotatable bonds is 0. The fraction of sp³-hybridized carbons (Fsp3) is 0. The summed E-state index contributed by atoms with van der Waals surface area (Å²) < 4.78 is 4.05. The molecule has 0 unspecified atom stereocenters. The van der Waals surface area contributed by atoms with Crippen molar-refractivity contribution < 1.29 is 0 Å². The lowest BCUT2D eigenvalue weighted by molar-refractivity contribution is 1.57. The van der Waals surface area contributed by atoms with Gasteiger partial charge in [-0.05, 0) is 52.5 Å². The van der Waals surface area contributed by atoms with E-state index in [1.807, 2.05) is 34.0 Å². The average molecular weight is 664 g/mol. The van der Waals surface area contributed by atoms with E-state index in [0.29, 0.717) is 0 Å². The Kier molecular flexibility index (Phi) is 4.30. The van der Waals surface area contributed by atoms with Crippen LogP contribution in [0, 0.1) is 0 Å². The smallest absolute Gasteiger partial charge is 0.0559 e. The highest BCUT2D eigenvalue weighted by molar-refractivity contribution is 7.20. The van der Waals surface area contributed by atoms with Crippen LogP contribution in [0.2, 0.25) is 0 Å². The summed E-state index contributed by atoms with van der Waals surface area (Å²) in [5.74, 6) is 0. The first-order valence-electron chi connectivity index (χ1n) is 16.2. The molecule has 0 aliphatic heterocycles. The molecule has 48 heavy (non-hydrogen) atoms. The van der Waals surface area contributed by atoms with Crippen molar-refractivity contribution in [3.8, 4) is 0 Å². The van der Waals surface area contributed by atoms with Gasteiger partial charge in [-0.1, -0.05) is 54.6 Å². The van der Waals surface area contributed by atoms with Crippen molar-refractivity contribution in [3.05, 3.63) is 107 Å². The van der Waals surface area contributed by atoms with Crippen LogP contribution < -0.4 is 0 Å². The van der Waals surface area contributed by atoms with Crippen molar-refractivity contribution in [3.63, 3.8) is 0 Å². The van der Waals surface area contributed by atoms with Crippen molar-refractivity contribution in [2.75, 3.05) is 0 Å². The number of hydrogen-bond donors (Lipinski definition) is 3. The lowest BCUT2D eigenvalue weighted by Crippen LogP contribution is -1.89. The molecule has 0 spiro atoms. The molecule has 0 bridgehead atoms. The maximum Gasteiger partial charge on any atom is 0.0559 e. The summed E-state index contributed by atoms with van der Waals surface area (Å²) >= 11 is 5.62. The Morgan fingerprint density at radius 2 is 0.604 bits per heavy atom. The van der Waals surface area contributed by atoms with Gasteiger partial charge in [0.1, 0.15) is 0 Å². The third kappa shape index (κ3) is 2.70. The van der Waals surface area contributed by atoms with Gasteiger partial charge >= 0.3 is 0 Å². The molecule has 13 aromatic rings. The topological polar surface area (TPSA) is 47.4 Å². The van der Waals surface area contributed by atoms with Gasteiger partial charge in [-0.2, -0.15) is 0 Å². The second kappa shape index (κ2) is 8.35. The third-order valence-corrected chi connectivity index (χ3v) is 13.6.